The molecule has 1 aliphatic carbocycles. The van der Waals surface area contributed by atoms with E-state index in [-0.39, 0.29) is 0 Å². The van der Waals surface area contributed by atoms with Crippen molar-refractivity contribution in [2.75, 3.05) is 5.43 Å². The van der Waals surface area contributed by atoms with Gasteiger partial charge in [0.1, 0.15) is 5.82 Å². The summed E-state index contributed by atoms with van der Waals surface area (Å²) >= 11 is 1.78. The lowest BCUT2D eigenvalue weighted by atomic mass is 10.2. The van der Waals surface area contributed by atoms with E-state index in [4.69, 9.17) is 10.8 Å². The number of hydrazine groups is 1. The molecule has 0 spiro atoms. The summed E-state index contributed by atoms with van der Waals surface area (Å²) in [4.78, 5) is 11.8. The van der Waals surface area contributed by atoms with Crippen molar-refractivity contribution in [3.63, 3.8) is 0 Å². The van der Waals surface area contributed by atoms with Crippen molar-refractivity contribution in [1.82, 2.24) is 9.97 Å². The Bertz CT molecular complexity index is 603. The third-order valence-corrected chi connectivity index (χ3v) is 4.32. The number of aromatic nitrogens is 2. The molecule has 2 aromatic heterocycles. The van der Waals surface area contributed by atoms with Crippen LogP contribution in [0.2, 0.25) is 0 Å². The van der Waals surface area contributed by atoms with E-state index in [0.717, 1.165) is 42.2 Å². The minimum atomic E-state index is 0.788. The van der Waals surface area contributed by atoms with Gasteiger partial charge in [0.25, 0.3) is 0 Å². The molecule has 0 atom stereocenters. The van der Waals surface area contributed by atoms with Crippen molar-refractivity contribution >= 4 is 17.2 Å². The number of aryl methyl sites for hydroxylation is 3. The first-order valence-corrected chi connectivity index (χ1v) is 6.94. The standard InChI is InChI=1S/C13H16N4S/c1-7-6-10(8(2)18-7)12-15-11-5-3-4-9(11)13(16-12)17-14/h6H,3-5,14H2,1-2H3,(H,15,16,17). The van der Waals surface area contributed by atoms with Gasteiger partial charge in [-0.3, -0.25) is 0 Å². The first-order chi connectivity index (χ1) is 8.69. The van der Waals surface area contributed by atoms with Crippen LogP contribution in [-0.2, 0) is 12.8 Å². The second-order valence-corrected chi connectivity index (χ2v) is 6.11. The molecule has 0 amide bonds. The number of hydrogen-bond donors (Lipinski definition) is 2. The third-order valence-electron chi connectivity index (χ3n) is 3.35. The zero-order valence-corrected chi connectivity index (χ0v) is 11.4. The summed E-state index contributed by atoms with van der Waals surface area (Å²) in [7, 11) is 0. The van der Waals surface area contributed by atoms with E-state index in [1.54, 1.807) is 11.3 Å². The number of nitrogens with one attached hydrogen (secondary N) is 1. The first-order valence-electron chi connectivity index (χ1n) is 6.13. The van der Waals surface area contributed by atoms with Crippen LogP contribution in [0.15, 0.2) is 6.07 Å². The van der Waals surface area contributed by atoms with Crippen molar-refractivity contribution in [2.24, 2.45) is 5.84 Å². The van der Waals surface area contributed by atoms with Crippen LogP contribution in [-0.4, -0.2) is 9.97 Å². The van der Waals surface area contributed by atoms with Gasteiger partial charge in [-0.2, -0.15) is 0 Å². The van der Waals surface area contributed by atoms with Crippen LogP contribution in [0, 0.1) is 13.8 Å². The molecule has 18 heavy (non-hydrogen) atoms. The minimum Gasteiger partial charge on any atom is -0.308 e. The topological polar surface area (TPSA) is 63.8 Å². The smallest absolute Gasteiger partial charge is 0.162 e. The first kappa shape index (κ1) is 11.6. The molecule has 4 nitrogen and oxygen atoms in total. The van der Waals surface area contributed by atoms with Gasteiger partial charge >= 0.3 is 0 Å². The molecule has 3 rings (SSSR count). The summed E-state index contributed by atoms with van der Waals surface area (Å²) < 4.78 is 0. The maximum Gasteiger partial charge on any atom is 0.162 e. The van der Waals surface area contributed by atoms with Crippen molar-refractivity contribution in [2.45, 2.75) is 33.1 Å². The molecule has 0 unspecified atom stereocenters. The van der Waals surface area contributed by atoms with Gasteiger partial charge in [0.2, 0.25) is 0 Å². The number of hydrogen-bond acceptors (Lipinski definition) is 5. The Morgan fingerprint density at radius 1 is 1.28 bits per heavy atom. The molecular formula is C13H16N4S. The van der Waals surface area contributed by atoms with Crippen LogP contribution < -0.4 is 11.3 Å². The van der Waals surface area contributed by atoms with Crippen LogP contribution >= 0.6 is 11.3 Å². The summed E-state index contributed by atoms with van der Waals surface area (Å²) in [6.45, 7) is 4.22. The van der Waals surface area contributed by atoms with Crippen LogP contribution in [0.1, 0.15) is 27.4 Å². The number of anilines is 1. The van der Waals surface area contributed by atoms with Gasteiger partial charge in [-0.1, -0.05) is 0 Å². The van der Waals surface area contributed by atoms with Gasteiger partial charge in [-0.05, 0) is 39.2 Å². The summed E-state index contributed by atoms with van der Waals surface area (Å²) in [5.74, 6) is 7.16. The molecule has 0 bridgehead atoms. The van der Waals surface area contributed by atoms with Crippen molar-refractivity contribution < 1.29 is 0 Å². The maximum absolute atomic E-state index is 5.58. The molecule has 0 radical (unpaired) electrons. The maximum atomic E-state index is 5.58. The quantitative estimate of drug-likeness (QED) is 0.643. The number of nitrogens with zero attached hydrogens (tertiary/aromatic N) is 2. The van der Waals surface area contributed by atoms with Crippen molar-refractivity contribution in [1.29, 1.82) is 0 Å². The molecule has 0 fully saturated rings. The van der Waals surface area contributed by atoms with E-state index in [9.17, 15) is 0 Å². The number of thiophene rings is 1. The molecule has 0 saturated heterocycles. The number of nitrogen functional groups attached to an aromatic ring is 1. The Balaban J connectivity index is 2.16. The molecule has 1 aliphatic rings. The highest BCUT2D eigenvalue weighted by molar-refractivity contribution is 7.12. The monoisotopic (exact) mass is 260 g/mol. The molecule has 94 valence electrons. The molecule has 0 aromatic carbocycles. The average Bonchev–Trinajstić information content (AvgIpc) is 2.93. The number of rotatable bonds is 2. The van der Waals surface area contributed by atoms with Gasteiger partial charge in [0.05, 0.1) is 0 Å². The van der Waals surface area contributed by atoms with Crippen LogP contribution in [0.4, 0.5) is 5.82 Å². The Morgan fingerprint density at radius 2 is 2.11 bits per heavy atom. The van der Waals surface area contributed by atoms with E-state index < -0.39 is 0 Å². The van der Waals surface area contributed by atoms with Crippen LogP contribution in [0.25, 0.3) is 11.4 Å². The molecule has 2 aromatic rings. The van der Waals surface area contributed by atoms with Crippen LogP contribution in [0.3, 0.4) is 0 Å². The molecular weight excluding hydrogens is 244 g/mol. The second-order valence-electron chi connectivity index (χ2n) is 4.65. The third kappa shape index (κ3) is 1.79. The highest BCUT2D eigenvalue weighted by Crippen LogP contribution is 2.32. The van der Waals surface area contributed by atoms with Gasteiger partial charge in [0, 0.05) is 26.6 Å². The van der Waals surface area contributed by atoms with E-state index in [2.05, 4.69) is 30.3 Å². The largest absolute Gasteiger partial charge is 0.308 e. The minimum absolute atomic E-state index is 0.788. The molecule has 3 N–H and O–H groups in total. The zero-order chi connectivity index (χ0) is 12.7. The van der Waals surface area contributed by atoms with Gasteiger partial charge < -0.3 is 5.43 Å². The molecule has 2 heterocycles. The summed E-state index contributed by atoms with van der Waals surface area (Å²) in [6.07, 6.45) is 3.20. The predicted octanol–water partition coefficient (Wildman–Crippen LogP) is 2.60. The average molecular weight is 260 g/mol. The highest BCUT2D eigenvalue weighted by atomic mass is 32.1. The van der Waals surface area contributed by atoms with Crippen molar-refractivity contribution in [3.8, 4) is 11.4 Å². The van der Waals surface area contributed by atoms with Crippen molar-refractivity contribution in [3.05, 3.63) is 27.1 Å². The molecule has 0 aliphatic heterocycles. The SMILES string of the molecule is Cc1cc(-c2nc3c(c(NN)n2)CCC3)c(C)s1. The van der Waals surface area contributed by atoms with Gasteiger partial charge in [-0.25, -0.2) is 15.8 Å². The van der Waals surface area contributed by atoms with Gasteiger partial charge in [0.15, 0.2) is 5.82 Å². The summed E-state index contributed by atoms with van der Waals surface area (Å²) in [5, 5.41) is 0. The second kappa shape index (κ2) is 4.33. The Labute approximate surface area is 110 Å². The fourth-order valence-electron chi connectivity index (χ4n) is 2.53. The van der Waals surface area contributed by atoms with E-state index >= 15 is 0 Å². The summed E-state index contributed by atoms with van der Waals surface area (Å²) in [6, 6.07) is 2.15. The zero-order valence-electron chi connectivity index (χ0n) is 10.6. The number of fused-ring (bicyclic) bond motifs is 1. The fourth-order valence-corrected chi connectivity index (χ4v) is 3.45. The normalized spacial score (nSPS) is 13.7. The lowest BCUT2D eigenvalue weighted by molar-refractivity contribution is 0.900. The predicted molar refractivity (Wildman–Crippen MR) is 74.7 cm³/mol. The van der Waals surface area contributed by atoms with E-state index in [0.29, 0.717) is 0 Å². The Hall–Kier alpha value is -1.46. The summed E-state index contributed by atoms with van der Waals surface area (Å²) in [5.41, 5.74) is 6.18. The van der Waals surface area contributed by atoms with E-state index in [1.807, 2.05) is 0 Å². The highest BCUT2D eigenvalue weighted by Gasteiger charge is 2.20. The number of nitrogens with two attached hydrogens (primary N) is 1. The van der Waals surface area contributed by atoms with Gasteiger partial charge in [-0.15, -0.1) is 11.3 Å². The van der Waals surface area contributed by atoms with Crippen LogP contribution in [0.5, 0.6) is 0 Å². The molecule has 0 saturated carbocycles. The Kier molecular flexibility index (Phi) is 2.80. The fraction of sp³-hybridized carbons (Fsp3) is 0.385. The Morgan fingerprint density at radius 3 is 2.78 bits per heavy atom. The lowest BCUT2D eigenvalue weighted by Crippen LogP contribution is -2.12. The lowest BCUT2D eigenvalue weighted by Gasteiger charge is -2.09. The van der Waals surface area contributed by atoms with E-state index in [1.165, 1.54) is 15.3 Å². The molecule has 5 heteroatoms.